The predicted octanol–water partition coefficient (Wildman–Crippen LogP) is 4.48. The van der Waals surface area contributed by atoms with E-state index >= 15 is 0 Å². The van der Waals surface area contributed by atoms with Gasteiger partial charge in [0, 0.05) is 11.8 Å². The summed E-state index contributed by atoms with van der Waals surface area (Å²) in [7, 11) is 0. The summed E-state index contributed by atoms with van der Waals surface area (Å²) >= 11 is 2.71. The molecule has 28 heavy (non-hydrogen) atoms. The first-order chi connectivity index (χ1) is 13.4. The Morgan fingerprint density at radius 2 is 2.00 bits per heavy atom. The summed E-state index contributed by atoms with van der Waals surface area (Å²) in [4.78, 5) is 38.2. The lowest BCUT2D eigenvalue weighted by molar-refractivity contribution is 0.401. The van der Waals surface area contributed by atoms with Crippen molar-refractivity contribution >= 4 is 57.0 Å². The normalized spacial score (nSPS) is 11.2. The van der Waals surface area contributed by atoms with Gasteiger partial charge in [-0.2, -0.15) is 5.26 Å². The quantitative estimate of drug-likeness (QED) is 0.229. The van der Waals surface area contributed by atoms with Crippen molar-refractivity contribution in [3.63, 3.8) is 0 Å². The SMILES string of the molecule is N#C/C(=C\c1cc(O)c(O)c(I)c1)c1ncc2cc(N=O)c(=O)c(N=O)c-2s1. The zero-order valence-corrected chi connectivity index (χ0v) is 16.6. The van der Waals surface area contributed by atoms with E-state index in [2.05, 4.69) is 15.3 Å². The highest BCUT2D eigenvalue weighted by Gasteiger charge is 2.20. The highest BCUT2D eigenvalue weighted by molar-refractivity contribution is 14.1. The van der Waals surface area contributed by atoms with E-state index in [0.717, 1.165) is 11.3 Å². The number of halogens is 1. The molecular weight excluding hydrogens is 499 g/mol. The second-order valence-corrected chi connectivity index (χ2v) is 7.54. The molecule has 2 aliphatic rings. The highest BCUT2D eigenvalue weighted by Crippen LogP contribution is 2.38. The zero-order valence-electron chi connectivity index (χ0n) is 13.6. The summed E-state index contributed by atoms with van der Waals surface area (Å²) in [6.07, 6.45) is 2.73. The Labute approximate surface area is 174 Å². The standard InChI is InChI=1S/C17H7IN4O5S/c18-10-2-7(3-12(23)14(10)24)1-8(5-19)17-20-6-9-4-11(21-26)15(25)13(22-27)16(9)28-17/h1-4,6,23-24H/b8-1+. The largest absolute Gasteiger partial charge is 0.504 e. The van der Waals surface area contributed by atoms with Crippen molar-refractivity contribution < 1.29 is 10.2 Å². The fourth-order valence-corrected chi connectivity index (χ4v) is 3.97. The predicted molar refractivity (Wildman–Crippen MR) is 112 cm³/mol. The van der Waals surface area contributed by atoms with Gasteiger partial charge < -0.3 is 10.2 Å². The molecule has 1 aromatic carbocycles. The molecule has 3 rings (SSSR count). The highest BCUT2D eigenvalue weighted by atomic mass is 127. The first kappa shape index (κ1) is 19.5. The number of phenols is 2. The van der Waals surface area contributed by atoms with Gasteiger partial charge in [-0.15, -0.1) is 21.2 Å². The minimum Gasteiger partial charge on any atom is -0.504 e. The minimum atomic E-state index is -0.897. The van der Waals surface area contributed by atoms with Gasteiger partial charge in [-0.3, -0.25) is 4.79 Å². The summed E-state index contributed by atoms with van der Waals surface area (Å²) in [5, 5.41) is 34.3. The van der Waals surface area contributed by atoms with Gasteiger partial charge in [0.1, 0.15) is 11.1 Å². The molecular formula is C17H7IN4O5S. The molecule has 0 radical (unpaired) electrons. The molecule has 0 spiro atoms. The van der Waals surface area contributed by atoms with E-state index in [4.69, 9.17) is 0 Å². The Morgan fingerprint density at radius 3 is 2.61 bits per heavy atom. The second-order valence-electron chi connectivity index (χ2n) is 5.38. The number of rotatable bonds is 4. The van der Waals surface area contributed by atoms with Gasteiger partial charge in [0.2, 0.25) is 5.43 Å². The number of phenolic OH excluding ortho intramolecular Hbond substituents is 2. The molecule has 11 heteroatoms. The van der Waals surface area contributed by atoms with Gasteiger partial charge >= 0.3 is 0 Å². The first-order valence-corrected chi connectivity index (χ1v) is 9.26. The summed E-state index contributed by atoms with van der Waals surface area (Å²) in [5.41, 5.74) is -0.985. The number of aromatic nitrogens is 1. The molecule has 0 atom stereocenters. The van der Waals surface area contributed by atoms with Crippen LogP contribution in [0.5, 0.6) is 11.5 Å². The molecule has 0 saturated carbocycles. The molecule has 2 N–H and O–H groups in total. The Morgan fingerprint density at radius 1 is 1.25 bits per heavy atom. The van der Waals surface area contributed by atoms with Crippen LogP contribution in [0.25, 0.3) is 22.1 Å². The second kappa shape index (κ2) is 7.79. The Bertz CT molecular complexity index is 1210. The maximum Gasteiger partial charge on any atom is 0.238 e. The third-order valence-electron chi connectivity index (χ3n) is 3.65. The number of nitrogens with zero attached hydrogens (tertiary/aromatic N) is 4. The van der Waals surface area contributed by atoms with Crippen LogP contribution in [0, 0.1) is 24.7 Å². The van der Waals surface area contributed by atoms with Crippen LogP contribution in [0.2, 0.25) is 0 Å². The van der Waals surface area contributed by atoms with E-state index in [1.54, 1.807) is 6.07 Å². The third-order valence-corrected chi connectivity index (χ3v) is 5.63. The first-order valence-electron chi connectivity index (χ1n) is 7.36. The summed E-state index contributed by atoms with van der Waals surface area (Å²) in [6, 6.07) is 5.99. The molecule has 1 aromatic rings. The maximum atomic E-state index is 12.1. The van der Waals surface area contributed by atoms with E-state index in [1.807, 2.05) is 28.7 Å². The van der Waals surface area contributed by atoms with Gasteiger partial charge in [0.15, 0.2) is 22.9 Å². The number of aromatic hydroxyl groups is 2. The molecule has 0 fully saturated rings. The molecule has 0 amide bonds. The number of allylic oxidation sites excluding steroid dienone is 1. The fourth-order valence-electron chi connectivity index (χ4n) is 2.37. The van der Waals surface area contributed by atoms with Crippen molar-refractivity contribution in [2.75, 3.05) is 0 Å². The van der Waals surface area contributed by atoms with Gasteiger partial charge in [-0.25, -0.2) is 4.98 Å². The lowest BCUT2D eigenvalue weighted by Crippen LogP contribution is -2.02. The molecule has 1 aliphatic heterocycles. The molecule has 0 aromatic heterocycles. The van der Waals surface area contributed by atoms with Crippen molar-refractivity contribution in [1.82, 2.24) is 4.98 Å². The van der Waals surface area contributed by atoms with Crippen molar-refractivity contribution in [3.05, 3.63) is 58.6 Å². The van der Waals surface area contributed by atoms with Crippen LogP contribution in [0.4, 0.5) is 11.4 Å². The van der Waals surface area contributed by atoms with E-state index in [-0.39, 0.29) is 27.0 Å². The number of nitroso groups, excluding NO2 is 2. The van der Waals surface area contributed by atoms with Crippen LogP contribution < -0.4 is 5.43 Å². The van der Waals surface area contributed by atoms with Crippen molar-refractivity contribution in [2.24, 2.45) is 10.4 Å². The molecule has 9 nitrogen and oxygen atoms in total. The maximum absolute atomic E-state index is 12.1. The van der Waals surface area contributed by atoms with Gasteiger partial charge in [-0.1, -0.05) is 0 Å². The van der Waals surface area contributed by atoms with Crippen LogP contribution in [-0.2, 0) is 0 Å². The van der Waals surface area contributed by atoms with Crippen molar-refractivity contribution in [3.8, 4) is 28.0 Å². The van der Waals surface area contributed by atoms with E-state index in [0.29, 0.717) is 14.7 Å². The number of hydrogen-bond acceptors (Lipinski definition) is 10. The fraction of sp³-hybridized carbons (Fsp3) is 0. The topological polar surface area (TPSA) is 153 Å². The molecule has 138 valence electrons. The number of nitriles is 1. The smallest absolute Gasteiger partial charge is 0.238 e. The van der Waals surface area contributed by atoms with Gasteiger partial charge in [-0.05, 0) is 62.8 Å². The zero-order chi connectivity index (χ0) is 20.4. The monoisotopic (exact) mass is 506 g/mol. The van der Waals surface area contributed by atoms with Crippen molar-refractivity contribution in [2.45, 2.75) is 0 Å². The van der Waals surface area contributed by atoms with Crippen LogP contribution in [0.1, 0.15) is 10.6 Å². The van der Waals surface area contributed by atoms with Crippen molar-refractivity contribution in [1.29, 1.82) is 5.26 Å². The van der Waals surface area contributed by atoms with E-state index in [1.165, 1.54) is 24.4 Å². The average Bonchev–Trinajstić information content (AvgIpc) is 2.69. The summed E-state index contributed by atoms with van der Waals surface area (Å²) in [5.74, 6) is -0.616. The third kappa shape index (κ3) is 3.47. The number of benzene rings is 2. The lowest BCUT2D eigenvalue weighted by Gasteiger charge is -2.08. The summed E-state index contributed by atoms with van der Waals surface area (Å²) < 4.78 is 0.383. The van der Waals surface area contributed by atoms with Crippen LogP contribution in [-0.4, -0.2) is 15.2 Å². The molecule has 1 heterocycles. The van der Waals surface area contributed by atoms with Gasteiger partial charge in [0.05, 0.1) is 14.0 Å². The van der Waals surface area contributed by atoms with Gasteiger partial charge in [0.25, 0.3) is 0 Å². The van der Waals surface area contributed by atoms with E-state index < -0.39 is 16.8 Å². The molecule has 0 unspecified atom stereocenters. The van der Waals surface area contributed by atoms with Crippen LogP contribution in [0.3, 0.4) is 0 Å². The van der Waals surface area contributed by atoms with Crippen LogP contribution >= 0.6 is 33.9 Å². The van der Waals surface area contributed by atoms with Crippen LogP contribution in [0.15, 0.2) is 39.5 Å². The Kier molecular flexibility index (Phi) is 5.43. The number of hydrogen-bond donors (Lipinski definition) is 2. The lowest BCUT2D eigenvalue weighted by atomic mass is 10.1. The molecule has 0 bridgehead atoms. The average molecular weight is 506 g/mol. The molecule has 1 aliphatic carbocycles. The molecule has 0 saturated heterocycles. The van der Waals surface area contributed by atoms with E-state index in [9.17, 15) is 30.1 Å². The number of fused-ring (bicyclic) bond motifs is 1. The summed E-state index contributed by atoms with van der Waals surface area (Å²) in [6.45, 7) is 0. The minimum absolute atomic E-state index is 0.0923. The Balaban J connectivity index is 2.21. The Hall–Kier alpha value is -3.24.